The third-order valence-corrected chi connectivity index (χ3v) is 6.91. The summed E-state index contributed by atoms with van der Waals surface area (Å²) in [6.07, 6.45) is 5.11. The number of aryl methyl sites for hydroxylation is 2. The van der Waals surface area contributed by atoms with Crippen LogP contribution in [-0.4, -0.2) is 54.4 Å². The highest BCUT2D eigenvalue weighted by Gasteiger charge is 2.27. The second kappa shape index (κ2) is 13.8. The summed E-state index contributed by atoms with van der Waals surface area (Å²) >= 11 is 0. The summed E-state index contributed by atoms with van der Waals surface area (Å²) in [5.74, 6) is -1.00. The Labute approximate surface area is 219 Å². The summed E-state index contributed by atoms with van der Waals surface area (Å²) in [7, 11) is 0. The van der Waals surface area contributed by atoms with Crippen LogP contribution >= 0.6 is 0 Å². The first kappa shape index (κ1) is 29.0. The Balaban J connectivity index is 1.63. The molecule has 0 aliphatic carbocycles. The first-order chi connectivity index (χ1) is 17.7. The zero-order chi connectivity index (χ0) is 26.9. The number of rotatable bonds is 12. The summed E-state index contributed by atoms with van der Waals surface area (Å²) in [5, 5.41) is 10.8. The van der Waals surface area contributed by atoms with Crippen molar-refractivity contribution in [2.45, 2.75) is 71.6 Å². The zero-order valence-corrected chi connectivity index (χ0v) is 22.3. The van der Waals surface area contributed by atoms with Gasteiger partial charge in [-0.2, -0.15) is 0 Å². The molecule has 3 rings (SSSR count). The number of nitrogens with zero attached hydrogens (tertiary/aromatic N) is 1. The molecule has 2 aromatic rings. The van der Waals surface area contributed by atoms with Crippen molar-refractivity contribution < 1.29 is 28.2 Å². The van der Waals surface area contributed by atoms with E-state index in [0.717, 1.165) is 31.4 Å². The standard InChI is InChI=1S/C30H39F2NO4/c1-5-29(26-17-28(32)21(4)14-23(26)11-12-30(35)36-6-2)37-19-25(34)18-33-13-7-8-24(33)15-22-10-9-20(3)27(31)16-22/h9-12,14,16-17,24-25,29,34H,5-8,13,15,18-19H2,1-4H3/b12-11+/t24-,25+,29+/m0/s1. The lowest BCUT2D eigenvalue weighted by atomic mass is 9.97. The van der Waals surface area contributed by atoms with Crippen molar-refractivity contribution in [3.63, 3.8) is 0 Å². The van der Waals surface area contributed by atoms with Crippen molar-refractivity contribution in [1.29, 1.82) is 0 Å². The van der Waals surface area contributed by atoms with Crippen LogP contribution in [0.3, 0.4) is 0 Å². The predicted molar refractivity (Wildman–Crippen MR) is 141 cm³/mol. The first-order valence-corrected chi connectivity index (χ1v) is 13.1. The second-order valence-corrected chi connectivity index (χ2v) is 9.78. The molecule has 1 N–H and O–H groups in total. The molecule has 0 aromatic heterocycles. The van der Waals surface area contributed by atoms with E-state index in [1.807, 2.05) is 19.1 Å². The number of aliphatic hydroxyl groups is 1. The van der Waals surface area contributed by atoms with Gasteiger partial charge < -0.3 is 14.6 Å². The summed E-state index contributed by atoms with van der Waals surface area (Å²) in [4.78, 5) is 14.0. The molecule has 37 heavy (non-hydrogen) atoms. The van der Waals surface area contributed by atoms with E-state index in [4.69, 9.17) is 9.47 Å². The molecule has 202 valence electrons. The highest BCUT2D eigenvalue weighted by Crippen LogP contribution is 2.29. The van der Waals surface area contributed by atoms with Gasteiger partial charge in [0.1, 0.15) is 11.6 Å². The van der Waals surface area contributed by atoms with Crippen molar-refractivity contribution in [2.75, 3.05) is 26.3 Å². The van der Waals surface area contributed by atoms with E-state index in [-0.39, 0.29) is 30.9 Å². The van der Waals surface area contributed by atoms with Gasteiger partial charge in [0.25, 0.3) is 0 Å². The molecule has 1 aliphatic rings. The average molecular weight is 516 g/mol. The van der Waals surface area contributed by atoms with E-state index in [1.165, 1.54) is 12.1 Å². The number of β-amino-alcohol motifs (C(OH)–C–C–N with tert-alkyl or cyclic N) is 1. The molecule has 1 fully saturated rings. The van der Waals surface area contributed by atoms with Crippen molar-refractivity contribution in [3.05, 3.63) is 75.9 Å². The van der Waals surface area contributed by atoms with E-state index in [9.17, 15) is 18.7 Å². The number of ether oxygens (including phenoxy) is 2. The van der Waals surface area contributed by atoms with E-state index in [1.54, 1.807) is 39.0 Å². The fourth-order valence-corrected chi connectivity index (χ4v) is 4.87. The summed E-state index contributed by atoms with van der Waals surface area (Å²) < 4.78 is 39.5. The molecule has 0 bridgehead atoms. The van der Waals surface area contributed by atoms with Gasteiger partial charge in [-0.15, -0.1) is 0 Å². The number of hydrogen-bond donors (Lipinski definition) is 1. The summed E-state index contributed by atoms with van der Waals surface area (Å²) in [6, 6.07) is 8.75. The van der Waals surface area contributed by atoms with Crippen LogP contribution in [0.4, 0.5) is 8.78 Å². The Bertz CT molecular complexity index is 1090. The van der Waals surface area contributed by atoms with Crippen molar-refractivity contribution in [3.8, 4) is 0 Å². The Morgan fingerprint density at radius 2 is 1.92 bits per heavy atom. The van der Waals surface area contributed by atoms with Gasteiger partial charge in [0.15, 0.2) is 0 Å². The quantitative estimate of drug-likeness (QED) is 0.291. The Hall–Kier alpha value is -2.61. The fraction of sp³-hybridized carbons (Fsp3) is 0.500. The van der Waals surface area contributed by atoms with Crippen molar-refractivity contribution >= 4 is 12.0 Å². The average Bonchev–Trinajstić information content (AvgIpc) is 3.29. The fourth-order valence-electron chi connectivity index (χ4n) is 4.87. The van der Waals surface area contributed by atoms with Crippen LogP contribution in [0.25, 0.3) is 6.08 Å². The molecule has 0 saturated carbocycles. The van der Waals surface area contributed by atoms with Gasteiger partial charge in [-0.25, -0.2) is 13.6 Å². The molecule has 3 atom stereocenters. The minimum absolute atomic E-state index is 0.0947. The van der Waals surface area contributed by atoms with Gasteiger partial charge in [0.05, 0.1) is 25.4 Å². The van der Waals surface area contributed by atoms with Crippen LogP contribution in [0.1, 0.15) is 67.0 Å². The van der Waals surface area contributed by atoms with Crippen LogP contribution in [0.15, 0.2) is 36.4 Å². The molecular weight excluding hydrogens is 476 g/mol. The Morgan fingerprint density at radius 3 is 2.62 bits per heavy atom. The maximum absolute atomic E-state index is 14.5. The monoisotopic (exact) mass is 515 g/mol. The molecule has 0 unspecified atom stereocenters. The molecule has 1 aliphatic heterocycles. The largest absolute Gasteiger partial charge is 0.463 e. The molecule has 0 amide bonds. The van der Waals surface area contributed by atoms with E-state index in [0.29, 0.717) is 35.2 Å². The topological polar surface area (TPSA) is 59.0 Å². The second-order valence-electron chi connectivity index (χ2n) is 9.78. The lowest BCUT2D eigenvalue weighted by molar-refractivity contribution is -0.137. The number of benzene rings is 2. The number of carbonyl (C=O) groups excluding carboxylic acids is 1. The molecule has 1 heterocycles. The van der Waals surface area contributed by atoms with E-state index >= 15 is 0 Å². The first-order valence-electron chi connectivity index (χ1n) is 13.1. The third-order valence-electron chi connectivity index (χ3n) is 6.91. The van der Waals surface area contributed by atoms with Gasteiger partial charge >= 0.3 is 5.97 Å². The Kier molecular flexibility index (Phi) is 10.8. The number of hydrogen-bond acceptors (Lipinski definition) is 5. The Morgan fingerprint density at radius 1 is 1.16 bits per heavy atom. The van der Waals surface area contributed by atoms with Gasteiger partial charge in [0, 0.05) is 18.7 Å². The number of halogens is 2. The summed E-state index contributed by atoms with van der Waals surface area (Å²) in [5.41, 5.74) is 3.37. The predicted octanol–water partition coefficient (Wildman–Crippen LogP) is 5.69. The zero-order valence-electron chi connectivity index (χ0n) is 22.3. The lowest BCUT2D eigenvalue weighted by Gasteiger charge is -2.28. The van der Waals surface area contributed by atoms with Gasteiger partial charge in [-0.1, -0.05) is 19.1 Å². The molecule has 5 nitrogen and oxygen atoms in total. The molecular formula is C30H39F2NO4. The third kappa shape index (κ3) is 8.19. The van der Waals surface area contributed by atoms with Crippen LogP contribution < -0.4 is 0 Å². The molecule has 7 heteroatoms. The van der Waals surface area contributed by atoms with Crippen LogP contribution in [0.5, 0.6) is 0 Å². The smallest absolute Gasteiger partial charge is 0.330 e. The van der Waals surface area contributed by atoms with E-state index < -0.39 is 18.2 Å². The number of aliphatic hydroxyl groups excluding tert-OH is 1. The van der Waals surface area contributed by atoms with Crippen LogP contribution in [0, 0.1) is 25.5 Å². The van der Waals surface area contributed by atoms with Crippen LogP contribution in [-0.2, 0) is 20.7 Å². The van der Waals surface area contributed by atoms with Gasteiger partial charge in [0.2, 0.25) is 0 Å². The maximum atomic E-state index is 14.5. The number of carbonyl (C=O) groups is 1. The van der Waals surface area contributed by atoms with E-state index in [2.05, 4.69) is 4.90 Å². The molecule has 2 aromatic carbocycles. The minimum atomic E-state index is -0.724. The lowest BCUT2D eigenvalue weighted by Crippen LogP contribution is -2.39. The number of esters is 1. The van der Waals surface area contributed by atoms with Gasteiger partial charge in [-0.05, 0) is 105 Å². The number of likely N-dealkylation sites (tertiary alicyclic amines) is 1. The van der Waals surface area contributed by atoms with Crippen molar-refractivity contribution in [1.82, 2.24) is 4.90 Å². The normalized spacial score (nSPS) is 17.9. The van der Waals surface area contributed by atoms with Crippen LogP contribution in [0.2, 0.25) is 0 Å². The molecule has 0 spiro atoms. The maximum Gasteiger partial charge on any atom is 0.330 e. The highest BCUT2D eigenvalue weighted by molar-refractivity contribution is 5.87. The summed E-state index contributed by atoms with van der Waals surface area (Å²) in [6.45, 7) is 8.79. The molecule has 1 saturated heterocycles. The van der Waals surface area contributed by atoms with Gasteiger partial charge in [-0.3, -0.25) is 4.90 Å². The minimum Gasteiger partial charge on any atom is -0.463 e. The SMILES string of the molecule is CCOC(=O)/C=C/c1cc(C)c(F)cc1[C@@H](CC)OC[C@H](O)CN1CCC[C@H]1Cc1ccc(C)c(F)c1. The molecule has 0 radical (unpaired) electrons. The highest BCUT2D eigenvalue weighted by atomic mass is 19.1. The van der Waals surface area contributed by atoms with Crippen molar-refractivity contribution in [2.24, 2.45) is 0 Å².